The SMILES string of the molecule is CC(C)(CC(=O)O)CC(=O)NC(=O)N1CCCNC(=O)C1. The van der Waals surface area contributed by atoms with Crippen molar-refractivity contribution in [3.05, 3.63) is 0 Å². The highest BCUT2D eigenvalue weighted by molar-refractivity contribution is 5.96. The molecule has 0 aromatic carbocycles. The first-order valence-electron chi connectivity index (χ1n) is 6.77. The highest BCUT2D eigenvalue weighted by Crippen LogP contribution is 2.24. The molecule has 1 heterocycles. The number of carboxylic acids is 1. The zero-order valence-electron chi connectivity index (χ0n) is 12.3. The molecule has 1 aliphatic heterocycles. The maximum absolute atomic E-state index is 11.9. The predicted molar refractivity (Wildman–Crippen MR) is 73.4 cm³/mol. The number of carbonyl (C=O) groups is 4. The van der Waals surface area contributed by atoms with Gasteiger partial charge in [-0.2, -0.15) is 0 Å². The fourth-order valence-electron chi connectivity index (χ4n) is 2.13. The summed E-state index contributed by atoms with van der Waals surface area (Å²) in [5.74, 6) is -1.81. The Morgan fingerprint density at radius 1 is 1.33 bits per heavy atom. The van der Waals surface area contributed by atoms with Crippen LogP contribution in [-0.4, -0.2) is 53.5 Å². The summed E-state index contributed by atoms with van der Waals surface area (Å²) in [5.41, 5.74) is -0.744. The largest absolute Gasteiger partial charge is 0.481 e. The van der Waals surface area contributed by atoms with Crippen LogP contribution in [0.15, 0.2) is 0 Å². The van der Waals surface area contributed by atoms with Crippen LogP contribution in [0.5, 0.6) is 0 Å². The lowest BCUT2D eigenvalue weighted by molar-refractivity contribution is -0.139. The summed E-state index contributed by atoms with van der Waals surface area (Å²) < 4.78 is 0. The van der Waals surface area contributed by atoms with Crippen molar-refractivity contribution in [1.82, 2.24) is 15.5 Å². The van der Waals surface area contributed by atoms with Gasteiger partial charge in [0.2, 0.25) is 11.8 Å². The van der Waals surface area contributed by atoms with Crippen molar-refractivity contribution >= 4 is 23.8 Å². The number of aliphatic carboxylic acids is 1. The summed E-state index contributed by atoms with van der Waals surface area (Å²) in [4.78, 5) is 47.0. The Labute approximate surface area is 122 Å². The minimum atomic E-state index is -0.997. The zero-order valence-corrected chi connectivity index (χ0v) is 12.3. The number of carboxylic acid groups (broad SMARTS) is 1. The van der Waals surface area contributed by atoms with Gasteiger partial charge in [-0.05, 0) is 11.8 Å². The maximum atomic E-state index is 11.9. The molecule has 0 aliphatic carbocycles. The van der Waals surface area contributed by atoms with Crippen molar-refractivity contribution in [2.45, 2.75) is 33.1 Å². The van der Waals surface area contributed by atoms with E-state index < -0.39 is 23.3 Å². The van der Waals surface area contributed by atoms with Gasteiger partial charge in [-0.3, -0.25) is 19.7 Å². The van der Waals surface area contributed by atoms with Gasteiger partial charge in [-0.15, -0.1) is 0 Å². The molecule has 0 aromatic heterocycles. The first-order chi connectivity index (χ1) is 9.69. The van der Waals surface area contributed by atoms with Gasteiger partial charge in [0, 0.05) is 19.5 Å². The third-order valence-corrected chi connectivity index (χ3v) is 3.06. The molecule has 0 radical (unpaired) electrons. The summed E-state index contributed by atoms with van der Waals surface area (Å²) in [6.45, 7) is 4.09. The number of nitrogens with one attached hydrogen (secondary N) is 2. The molecule has 0 atom stereocenters. The van der Waals surface area contributed by atoms with E-state index in [1.807, 2.05) is 0 Å². The molecule has 1 rings (SSSR count). The number of rotatable bonds is 4. The van der Waals surface area contributed by atoms with Crippen LogP contribution in [0.3, 0.4) is 0 Å². The Morgan fingerprint density at radius 3 is 2.62 bits per heavy atom. The normalized spacial score (nSPS) is 15.9. The molecule has 1 saturated heterocycles. The third kappa shape index (κ3) is 6.24. The number of amides is 4. The lowest BCUT2D eigenvalue weighted by Crippen LogP contribution is -2.46. The van der Waals surface area contributed by atoms with Gasteiger partial charge in [0.25, 0.3) is 0 Å². The Hall–Kier alpha value is -2.12. The first kappa shape index (κ1) is 16.9. The summed E-state index contributed by atoms with van der Waals surface area (Å²) >= 11 is 0. The van der Waals surface area contributed by atoms with Crippen LogP contribution in [-0.2, 0) is 14.4 Å². The Bertz CT molecular complexity index is 447. The molecule has 0 aromatic rings. The topological polar surface area (TPSA) is 116 Å². The van der Waals surface area contributed by atoms with E-state index in [2.05, 4.69) is 10.6 Å². The zero-order chi connectivity index (χ0) is 16.0. The maximum Gasteiger partial charge on any atom is 0.324 e. The molecule has 8 heteroatoms. The molecule has 4 amide bonds. The second kappa shape index (κ2) is 7.05. The fourth-order valence-corrected chi connectivity index (χ4v) is 2.13. The van der Waals surface area contributed by atoms with Crippen molar-refractivity contribution in [2.75, 3.05) is 19.6 Å². The van der Waals surface area contributed by atoms with Crippen LogP contribution in [0.2, 0.25) is 0 Å². The van der Waals surface area contributed by atoms with Gasteiger partial charge in [0.05, 0.1) is 6.42 Å². The molecule has 0 unspecified atom stereocenters. The smallest absolute Gasteiger partial charge is 0.324 e. The first-order valence-corrected chi connectivity index (χ1v) is 6.77. The number of carbonyl (C=O) groups excluding carboxylic acids is 3. The van der Waals surface area contributed by atoms with Gasteiger partial charge in [0.1, 0.15) is 6.54 Å². The number of urea groups is 1. The summed E-state index contributed by atoms with van der Waals surface area (Å²) in [7, 11) is 0. The Morgan fingerprint density at radius 2 is 2.00 bits per heavy atom. The Balaban J connectivity index is 2.51. The van der Waals surface area contributed by atoms with E-state index in [1.54, 1.807) is 13.8 Å². The molecular formula is C13H21N3O5. The van der Waals surface area contributed by atoms with Crippen LogP contribution in [0.4, 0.5) is 4.79 Å². The van der Waals surface area contributed by atoms with Gasteiger partial charge in [0.15, 0.2) is 0 Å². The van der Waals surface area contributed by atoms with Crippen molar-refractivity contribution in [2.24, 2.45) is 5.41 Å². The lowest BCUT2D eigenvalue weighted by atomic mass is 9.85. The van der Waals surface area contributed by atoms with Gasteiger partial charge < -0.3 is 15.3 Å². The molecule has 21 heavy (non-hydrogen) atoms. The molecule has 0 bridgehead atoms. The van der Waals surface area contributed by atoms with Gasteiger partial charge in [-0.1, -0.05) is 13.8 Å². The van der Waals surface area contributed by atoms with E-state index in [1.165, 1.54) is 4.90 Å². The fraction of sp³-hybridized carbons (Fsp3) is 0.692. The standard InChI is InChI=1S/C13H21N3O5/c1-13(2,7-11(19)20)6-9(17)15-12(21)16-5-3-4-14-10(18)8-16/h3-8H2,1-2H3,(H,14,18)(H,19,20)(H,15,17,21). The second-order valence-electron chi connectivity index (χ2n) is 5.89. The van der Waals surface area contributed by atoms with E-state index >= 15 is 0 Å². The highest BCUT2D eigenvalue weighted by Gasteiger charge is 2.27. The second-order valence-corrected chi connectivity index (χ2v) is 5.89. The number of hydrogen-bond acceptors (Lipinski definition) is 4. The average Bonchev–Trinajstić information content (AvgIpc) is 2.50. The third-order valence-electron chi connectivity index (χ3n) is 3.06. The summed E-state index contributed by atoms with van der Waals surface area (Å²) in [6, 6.07) is -0.622. The molecule has 0 saturated carbocycles. The number of nitrogens with zero attached hydrogens (tertiary/aromatic N) is 1. The molecule has 3 N–H and O–H groups in total. The van der Waals surface area contributed by atoms with E-state index in [4.69, 9.17) is 5.11 Å². The quantitative estimate of drug-likeness (QED) is 0.672. The highest BCUT2D eigenvalue weighted by atomic mass is 16.4. The van der Waals surface area contributed by atoms with E-state index in [9.17, 15) is 19.2 Å². The van der Waals surface area contributed by atoms with Crippen molar-refractivity contribution in [3.63, 3.8) is 0 Å². The predicted octanol–water partition coefficient (Wildman–Crippen LogP) is -0.0645. The lowest BCUT2D eigenvalue weighted by Gasteiger charge is -2.23. The van der Waals surface area contributed by atoms with Crippen LogP contribution < -0.4 is 10.6 Å². The number of imide groups is 1. The van der Waals surface area contributed by atoms with Gasteiger partial charge in [-0.25, -0.2) is 4.79 Å². The molecule has 1 fully saturated rings. The van der Waals surface area contributed by atoms with Crippen LogP contribution >= 0.6 is 0 Å². The van der Waals surface area contributed by atoms with E-state index in [0.717, 1.165) is 0 Å². The molecule has 118 valence electrons. The van der Waals surface area contributed by atoms with E-state index in [-0.39, 0.29) is 25.3 Å². The Kier molecular flexibility index (Phi) is 5.69. The van der Waals surface area contributed by atoms with Crippen LogP contribution in [0, 0.1) is 5.41 Å². The molecular weight excluding hydrogens is 278 g/mol. The minimum absolute atomic E-state index is 0.0783. The monoisotopic (exact) mass is 299 g/mol. The van der Waals surface area contributed by atoms with Crippen LogP contribution in [0.25, 0.3) is 0 Å². The van der Waals surface area contributed by atoms with E-state index in [0.29, 0.717) is 19.5 Å². The molecule has 1 aliphatic rings. The van der Waals surface area contributed by atoms with Crippen molar-refractivity contribution < 1.29 is 24.3 Å². The van der Waals surface area contributed by atoms with Crippen molar-refractivity contribution in [1.29, 1.82) is 0 Å². The van der Waals surface area contributed by atoms with Crippen molar-refractivity contribution in [3.8, 4) is 0 Å². The molecule has 8 nitrogen and oxygen atoms in total. The van der Waals surface area contributed by atoms with Crippen LogP contribution in [0.1, 0.15) is 33.1 Å². The average molecular weight is 299 g/mol. The molecule has 0 spiro atoms. The number of hydrogen-bond donors (Lipinski definition) is 3. The summed E-state index contributed by atoms with van der Waals surface area (Å²) in [5, 5.41) is 13.6. The van der Waals surface area contributed by atoms with Gasteiger partial charge >= 0.3 is 12.0 Å². The summed E-state index contributed by atoms with van der Waals surface area (Å²) in [6.07, 6.45) is 0.379. The minimum Gasteiger partial charge on any atom is -0.481 e.